The summed E-state index contributed by atoms with van der Waals surface area (Å²) in [6.07, 6.45) is 3.52. The van der Waals surface area contributed by atoms with E-state index in [2.05, 4.69) is 43.3 Å². The van der Waals surface area contributed by atoms with Crippen molar-refractivity contribution in [2.24, 2.45) is 0 Å². The van der Waals surface area contributed by atoms with Gasteiger partial charge in [0.15, 0.2) is 17.4 Å². The van der Waals surface area contributed by atoms with E-state index in [9.17, 15) is 8.78 Å². The number of benzene rings is 4. The highest BCUT2D eigenvalue weighted by molar-refractivity contribution is 5.88. The fraction of sp³-hybridized carbons (Fsp3) is 0.185. The molecule has 0 saturated heterocycles. The Morgan fingerprint density at radius 2 is 1.23 bits per heavy atom. The molecule has 0 bridgehead atoms. The van der Waals surface area contributed by atoms with Gasteiger partial charge in [0.05, 0.1) is 7.11 Å². The quantitative estimate of drug-likeness (QED) is 0.320. The number of hydrogen-bond acceptors (Lipinski definition) is 1. The Kier molecular flexibility index (Phi) is 5.80. The molecule has 0 aliphatic carbocycles. The average molecular weight is 402 g/mol. The third-order valence-corrected chi connectivity index (χ3v) is 5.48. The third-order valence-electron chi connectivity index (χ3n) is 5.48. The smallest absolute Gasteiger partial charge is 0.190 e. The molecular weight excluding hydrogens is 378 g/mol. The zero-order valence-electron chi connectivity index (χ0n) is 17.2. The number of rotatable bonds is 6. The zero-order chi connectivity index (χ0) is 21.1. The second-order valence-corrected chi connectivity index (χ2v) is 7.55. The van der Waals surface area contributed by atoms with Crippen molar-refractivity contribution in [1.29, 1.82) is 0 Å². The van der Waals surface area contributed by atoms with Crippen LogP contribution in [0.1, 0.15) is 25.3 Å². The monoisotopic (exact) mass is 402 g/mol. The minimum Gasteiger partial charge on any atom is -0.491 e. The van der Waals surface area contributed by atoms with Crippen LogP contribution in [-0.2, 0) is 6.42 Å². The van der Waals surface area contributed by atoms with E-state index in [4.69, 9.17) is 4.74 Å². The van der Waals surface area contributed by atoms with E-state index >= 15 is 0 Å². The number of hydrogen-bond donors (Lipinski definition) is 0. The van der Waals surface area contributed by atoms with Crippen LogP contribution in [0.15, 0.2) is 72.8 Å². The molecule has 30 heavy (non-hydrogen) atoms. The van der Waals surface area contributed by atoms with Gasteiger partial charge in [-0.05, 0) is 69.6 Å². The molecule has 0 amide bonds. The summed E-state index contributed by atoms with van der Waals surface area (Å²) in [5.74, 6) is -1.77. The van der Waals surface area contributed by atoms with Gasteiger partial charge in [-0.2, -0.15) is 0 Å². The molecule has 0 fully saturated rings. The number of halogens is 2. The van der Waals surface area contributed by atoms with Crippen LogP contribution in [0.2, 0.25) is 0 Å². The summed E-state index contributed by atoms with van der Waals surface area (Å²) in [6.45, 7) is 2.21. The maximum absolute atomic E-state index is 14.0. The summed E-state index contributed by atoms with van der Waals surface area (Å²) in [5.41, 5.74) is 4.78. The lowest BCUT2D eigenvalue weighted by atomic mass is 9.97. The molecule has 0 N–H and O–H groups in total. The molecule has 0 saturated carbocycles. The summed E-state index contributed by atoms with van der Waals surface area (Å²) in [5, 5.41) is 2.45. The van der Waals surface area contributed by atoms with Gasteiger partial charge in [0.25, 0.3) is 0 Å². The van der Waals surface area contributed by atoms with Gasteiger partial charge in [-0.3, -0.25) is 0 Å². The standard InChI is InChI=1S/C27H24F2O/c1-3-4-5-18-6-7-23-15-22(13-12-21(23)14-18)19-8-10-20(11-9-19)24-16-25(28)27(30-2)26(29)17-24/h6-17H,3-5H2,1-2H3. The SMILES string of the molecule is CCCCc1ccc2cc(-c3ccc(-c4cc(F)c(OC)c(F)c4)cc3)ccc2c1. The molecule has 0 unspecified atom stereocenters. The predicted molar refractivity (Wildman–Crippen MR) is 120 cm³/mol. The van der Waals surface area contributed by atoms with Crippen molar-refractivity contribution in [3.05, 3.63) is 90.0 Å². The molecular formula is C27H24F2O. The maximum atomic E-state index is 14.0. The Bertz CT molecular complexity index is 1160. The summed E-state index contributed by atoms with van der Waals surface area (Å²) < 4.78 is 32.8. The summed E-state index contributed by atoms with van der Waals surface area (Å²) in [4.78, 5) is 0. The highest BCUT2D eigenvalue weighted by atomic mass is 19.1. The number of methoxy groups -OCH3 is 1. The summed E-state index contributed by atoms with van der Waals surface area (Å²) in [7, 11) is 1.26. The van der Waals surface area contributed by atoms with Crippen LogP contribution in [0.3, 0.4) is 0 Å². The number of fused-ring (bicyclic) bond motifs is 1. The van der Waals surface area contributed by atoms with Gasteiger partial charge in [-0.1, -0.05) is 67.9 Å². The second-order valence-electron chi connectivity index (χ2n) is 7.55. The average Bonchev–Trinajstić information content (AvgIpc) is 2.77. The zero-order valence-corrected chi connectivity index (χ0v) is 17.2. The Balaban J connectivity index is 1.61. The van der Waals surface area contributed by atoms with Gasteiger partial charge in [-0.15, -0.1) is 0 Å². The first-order valence-corrected chi connectivity index (χ1v) is 10.3. The van der Waals surface area contributed by atoms with Crippen molar-refractivity contribution in [1.82, 2.24) is 0 Å². The molecule has 0 atom stereocenters. The first kappa shape index (κ1) is 20.1. The van der Waals surface area contributed by atoms with E-state index in [0.717, 1.165) is 23.1 Å². The van der Waals surface area contributed by atoms with Gasteiger partial charge in [-0.25, -0.2) is 8.78 Å². The summed E-state index contributed by atoms with van der Waals surface area (Å²) >= 11 is 0. The van der Waals surface area contributed by atoms with Crippen molar-refractivity contribution in [2.75, 3.05) is 7.11 Å². The van der Waals surface area contributed by atoms with E-state index in [1.807, 2.05) is 24.3 Å². The number of ether oxygens (including phenoxy) is 1. The molecule has 152 valence electrons. The fourth-order valence-electron chi connectivity index (χ4n) is 3.79. The van der Waals surface area contributed by atoms with Crippen LogP contribution in [0.4, 0.5) is 8.78 Å². The van der Waals surface area contributed by atoms with Crippen molar-refractivity contribution in [3.63, 3.8) is 0 Å². The van der Waals surface area contributed by atoms with Gasteiger partial charge in [0, 0.05) is 0 Å². The lowest BCUT2D eigenvalue weighted by Gasteiger charge is -2.09. The molecule has 4 aromatic carbocycles. The van der Waals surface area contributed by atoms with Crippen LogP contribution < -0.4 is 4.74 Å². The number of aryl methyl sites for hydroxylation is 1. The number of unbranched alkanes of at least 4 members (excludes halogenated alkanes) is 1. The maximum Gasteiger partial charge on any atom is 0.190 e. The molecule has 0 spiro atoms. The molecule has 0 radical (unpaired) electrons. The lowest BCUT2D eigenvalue weighted by molar-refractivity contribution is 0.360. The molecule has 1 nitrogen and oxygen atoms in total. The fourth-order valence-corrected chi connectivity index (χ4v) is 3.79. The second kappa shape index (κ2) is 8.66. The third kappa shape index (κ3) is 4.06. The minimum absolute atomic E-state index is 0.357. The topological polar surface area (TPSA) is 9.23 Å². The van der Waals surface area contributed by atoms with E-state index in [1.54, 1.807) is 0 Å². The van der Waals surface area contributed by atoms with E-state index < -0.39 is 11.6 Å². The van der Waals surface area contributed by atoms with Crippen LogP contribution >= 0.6 is 0 Å². The van der Waals surface area contributed by atoms with Crippen LogP contribution in [-0.4, -0.2) is 7.11 Å². The molecule has 4 rings (SSSR count). The van der Waals surface area contributed by atoms with Gasteiger partial charge in [0.1, 0.15) is 0 Å². The summed E-state index contributed by atoms with van der Waals surface area (Å²) in [6, 6.07) is 23.4. The molecule has 4 aromatic rings. The largest absolute Gasteiger partial charge is 0.491 e. The van der Waals surface area contributed by atoms with Crippen molar-refractivity contribution in [2.45, 2.75) is 26.2 Å². The van der Waals surface area contributed by atoms with E-state index in [-0.39, 0.29) is 5.75 Å². The van der Waals surface area contributed by atoms with Crippen LogP contribution in [0.5, 0.6) is 5.75 Å². The minimum atomic E-state index is -0.704. The van der Waals surface area contributed by atoms with Crippen molar-refractivity contribution >= 4 is 10.8 Å². The molecule has 0 aliphatic rings. The predicted octanol–water partition coefficient (Wildman–Crippen LogP) is 7.80. The Labute approximate surface area is 175 Å². The van der Waals surface area contributed by atoms with Gasteiger partial charge < -0.3 is 4.74 Å². The Morgan fingerprint density at radius 1 is 0.667 bits per heavy atom. The first-order chi connectivity index (χ1) is 14.6. The Hall–Kier alpha value is -3.20. The highest BCUT2D eigenvalue weighted by Gasteiger charge is 2.12. The van der Waals surface area contributed by atoms with E-state index in [0.29, 0.717) is 5.56 Å². The molecule has 0 aromatic heterocycles. The first-order valence-electron chi connectivity index (χ1n) is 10.3. The van der Waals surface area contributed by atoms with Crippen molar-refractivity contribution < 1.29 is 13.5 Å². The molecule has 0 heterocycles. The van der Waals surface area contributed by atoms with Crippen LogP contribution in [0.25, 0.3) is 33.0 Å². The van der Waals surface area contributed by atoms with E-state index in [1.165, 1.54) is 48.4 Å². The Morgan fingerprint density at radius 3 is 1.87 bits per heavy atom. The lowest BCUT2D eigenvalue weighted by Crippen LogP contribution is -1.93. The molecule has 3 heteroatoms. The van der Waals surface area contributed by atoms with Gasteiger partial charge >= 0.3 is 0 Å². The normalized spacial score (nSPS) is 11.1. The molecule has 0 aliphatic heterocycles. The van der Waals surface area contributed by atoms with Gasteiger partial charge in [0.2, 0.25) is 0 Å². The van der Waals surface area contributed by atoms with Crippen LogP contribution in [0, 0.1) is 11.6 Å². The van der Waals surface area contributed by atoms with Crippen molar-refractivity contribution in [3.8, 4) is 28.0 Å². The highest BCUT2D eigenvalue weighted by Crippen LogP contribution is 2.31.